The zero-order valence-electron chi connectivity index (χ0n) is 15.2. The molecule has 2 aromatic carbocycles. The minimum atomic E-state index is -0.528. The number of nitrogens with two attached hydrogens (primary N) is 1. The lowest BCUT2D eigenvalue weighted by molar-refractivity contribution is 0.0594. The predicted octanol–water partition coefficient (Wildman–Crippen LogP) is 3.09. The third kappa shape index (κ3) is 4.04. The monoisotopic (exact) mass is 352 g/mol. The van der Waals surface area contributed by atoms with Crippen molar-refractivity contribution < 1.29 is 14.3 Å². The van der Waals surface area contributed by atoms with Gasteiger partial charge in [-0.2, -0.15) is 0 Å². The van der Waals surface area contributed by atoms with Crippen molar-refractivity contribution in [3.8, 4) is 5.75 Å². The Labute approximate surface area is 153 Å². The molecule has 0 atom stereocenters. The first-order valence-electron chi connectivity index (χ1n) is 8.87. The van der Waals surface area contributed by atoms with Gasteiger partial charge in [0, 0.05) is 37.1 Å². The summed E-state index contributed by atoms with van der Waals surface area (Å²) >= 11 is 0. The summed E-state index contributed by atoms with van der Waals surface area (Å²) in [5.74, 6) is 0.322. The minimum Gasteiger partial charge on any atom is -0.490 e. The molecule has 0 spiro atoms. The van der Waals surface area contributed by atoms with Crippen LogP contribution < -0.4 is 10.5 Å². The number of likely N-dealkylation sites (tertiary alicyclic amines) is 1. The lowest BCUT2D eigenvalue weighted by atomic mass is 10.0. The molecule has 5 nitrogen and oxygen atoms in total. The Morgan fingerprint density at radius 3 is 2.42 bits per heavy atom. The van der Waals surface area contributed by atoms with Crippen molar-refractivity contribution in [2.45, 2.75) is 32.8 Å². The summed E-state index contributed by atoms with van der Waals surface area (Å²) in [5.41, 5.74) is 8.44. The zero-order chi connectivity index (χ0) is 18.7. The lowest BCUT2D eigenvalue weighted by Crippen LogP contribution is -2.41. The Hall–Kier alpha value is -2.82. The van der Waals surface area contributed by atoms with Crippen LogP contribution in [-0.2, 0) is 0 Å². The third-order valence-electron chi connectivity index (χ3n) is 4.76. The standard InChI is InChI=1S/C21H24N2O3/c1-14-6-7-15(2)19(12-14)26-18-8-10-23(11-9-18)21(25)17-5-3-4-16(13-17)20(22)24/h3-7,12-13,18H,8-11H2,1-2H3,(H2,22,24). The van der Waals surface area contributed by atoms with Gasteiger partial charge in [0.15, 0.2) is 0 Å². The smallest absolute Gasteiger partial charge is 0.253 e. The highest BCUT2D eigenvalue weighted by molar-refractivity contribution is 5.99. The zero-order valence-corrected chi connectivity index (χ0v) is 15.2. The van der Waals surface area contributed by atoms with Gasteiger partial charge in [0.25, 0.3) is 5.91 Å². The van der Waals surface area contributed by atoms with E-state index in [1.165, 1.54) is 5.56 Å². The molecule has 2 N–H and O–H groups in total. The number of primary amides is 1. The number of hydrogen-bond donors (Lipinski definition) is 1. The van der Waals surface area contributed by atoms with Gasteiger partial charge in [0.1, 0.15) is 11.9 Å². The molecule has 5 heteroatoms. The molecule has 0 radical (unpaired) electrons. The molecule has 2 amide bonds. The number of carbonyl (C=O) groups excluding carboxylic acids is 2. The summed E-state index contributed by atoms with van der Waals surface area (Å²) in [6.07, 6.45) is 1.68. The van der Waals surface area contributed by atoms with Gasteiger partial charge < -0.3 is 15.4 Å². The van der Waals surface area contributed by atoms with Crippen LogP contribution in [-0.4, -0.2) is 35.9 Å². The van der Waals surface area contributed by atoms with Gasteiger partial charge in [-0.3, -0.25) is 9.59 Å². The molecule has 0 aliphatic carbocycles. The number of rotatable bonds is 4. The summed E-state index contributed by atoms with van der Waals surface area (Å²) in [5, 5.41) is 0. The second kappa shape index (κ2) is 7.60. The van der Waals surface area contributed by atoms with Gasteiger partial charge in [-0.15, -0.1) is 0 Å². The number of benzene rings is 2. The van der Waals surface area contributed by atoms with Gasteiger partial charge in [0.2, 0.25) is 5.91 Å². The molecule has 136 valence electrons. The molecule has 1 fully saturated rings. The SMILES string of the molecule is Cc1ccc(C)c(OC2CCN(C(=O)c3cccc(C(N)=O)c3)CC2)c1. The fourth-order valence-corrected chi connectivity index (χ4v) is 3.18. The van der Waals surface area contributed by atoms with E-state index in [1.54, 1.807) is 24.3 Å². The Kier molecular flexibility index (Phi) is 5.26. The molecular formula is C21H24N2O3. The van der Waals surface area contributed by atoms with Crippen molar-refractivity contribution in [2.75, 3.05) is 13.1 Å². The molecule has 0 unspecified atom stereocenters. The molecule has 0 saturated carbocycles. The number of amides is 2. The Bertz CT molecular complexity index is 824. The Balaban J connectivity index is 1.61. The number of ether oxygens (including phenoxy) is 1. The lowest BCUT2D eigenvalue weighted by Gasteiger charge is -2.32. The summed E-state index contributed by atoms with van der Waals surface area (Å²) in [6, 6.07) is 12.8. The van der Waals surface area contributed by atoms with E-state index in [1.807, 2.05) is 18.7 Å². The number of hydrogen-bond acceptors (Lipinski definition) is 3. The predicted molar refractivity (Wildman–Crippen MR) is 100 cm³/mol. The second-order valence-electron chi connectivity index (χ2n) is 6.82. The van der Waals surface area contributed by atoms with Crippen LogP contribution in [0.25, 0.3) is 0 Å². The van der Waals surface area contributed by atoms with Gasteiger partial charge >= 0.3 is 0 Å². The van der Waals surface area contributed by atoms with Crippen LogP contribution in [0.4, 0.5) is 0 Å². The maximum atomic E-state index is 12.7. The first-order valence-corrected chi connectivity index (χ1v) is 8.87. The molecular weight excluding hydrogens is 328 g/mol. The molecule has 0 aromatic heterocycles. The second-order valence-corrected chi connectivity index (χ2v) is 6.82. The van der Waals surface area contributed by atoms with Gasteiger partial charge in [0.05, 0.1) is 0 Å². The van der Waals surface area contributed by atoms with Crippen LogP contribution in [0.1, 0.15) is 44.7 Å². The molecule has 1 aliphatic rings. The summed E-state index contributed by atoms with van der Waals surface area (Å²) in [6.45, 7) is 5.36. The van der Waals surface area contributed by atoms with Crippen molar-refractivity contribution in [2.24, 2.45) is 5.73 Å². The summed E-state index contributed by atoms with van der Waals surface area (Å²) < 4.78 is 6.15. The Morgan fingerprint density at radius 2 is 1.73 bits per heavy atom. The van der Waals surface area contributed by atoms with Crippen LogP contribution in [0.5, 0.6) is 5.75 Å². The highest BCUT2D eigenvalue weighted by atomic mass is 16.5. The van der Waals surface area contributed by atoms with Gasteiger partial charge in [-0.25, -0.2) is 0 Å². The number of nitrogens with zero attached hydrogens (tertiary/aromatic N) is 1. The molecule has 1 aliphatic heterocycles. The van der Waals surface area contributed by atoms with Crippen molar-refractivity contribution in [3.63, 3.8) is 0 Å². The highest BCUT2D eigenvalue weighted by Crippen LogP contribution is 2.24. The van der Waals surface area contributed by atoms with E-state index in [0.29, 0.717) is 24.2 Å². The molecule has 0 bridgehead atoms. The van der Waals surface area contributed by atoms with Crippen molar-refractivity contribution in [3.05, 3.63) is 64.7 Å². The van der Waals surface area contributed by atoms with E-state index in [2.05, 4.69) is 18.2 Å². The fourth-order valence-electron chi connectivity index (χ4n) is 3.18. The molecule has 26 heavy (non-hydrogen) atoms. The van der Waals surface area contributed by atoms with E-state index in [0.717, 1.165) is 24.2 Å². The summed E-state index contributed by atoms with van der Waals surface area (Å²) in [7, 11) is 0. The first kappa shape index (κ1) is 18.0. The number of piperidine rings is 1. The number of aryl methyl sites for hydroxylation is 2. The van der Waals surface area contributed by atoms with Gasteiger partial charge in [-0.1, -0.05) is 18.2 Å². The number of carbonyl (C=O) groups is 2. The van der Waals surface area contributed by atoms with E-state index >= 15 is 0 Å². The van der Waals surface area contributed by atoms with Crippen molar-refractivity contribution >= 4 is 11.8 Å². The maximum absolute atomic E-state index is 12.7. The largest absolute Gasteiger partial charge is 0.490 e. The quantitative estimate of drug-likeness (QED) is 0.919. The summed E-state index contributed by atoms with van der Waals surface area (Å²) in [4.78, 5) is 25.8. The van der Waals surface area contributed by atoms with Crippen LogP contribution >= 0.6 is 0 Å². The van der Waals surface area contributed by atoms with E-state index < -0.39 is 5.91 Å². The highest BCUT2D eigenvalue weighted by Gasteiger charge is 2.25. The van der Waals surface area contributed by atoms with Crippen LogP contribution in [0, 0.1) is 13.8 Å². The van der Waals surface area contributed by atoms with E-state index in [9.17, 15) is 9.59 Å². The third-order valence-corrected chi connectivity index (χ3v) is 4.76. The minimum absolute atomic E-state index is 0.0710. The van der Waals surface area contributed by atoms with E-state index in [-0.39, 0.29) is 12.0 Å². The average molecular weight is 352 g/mol. The average Bonchev–Trinajstić information content (AvgIpc) is 2.65. The van der Waals surface area contributed by atoms with Crippen LogP contribution in [0.15, 0.2) is 42.5 Å². The molecule has 3 rings (SSSR count). The fraction of sp³-hybridized carbons (Fsp3) is 0.333. The van der Waals surface area contributed by atoms with Crippen molar-refractivity contribution in [1.82, 2.24) is 4.90 Å². The molecule has 1 heterocycles. The van der Waals surface area contributed by atoms with Crippen LogP contribution in [0.2, 0.25) is 0 Å². The van der Waals surface area contributed by atoms with Crippen LogP contribution in [0.3, 0.4) is 0 Å². The van der Waals surface area contributed by atoms with E-state index in [4.69, 9.17) is 10.5 Å². The van der Waals surface area contributed by atoms with Crippen molar-refractivity contribution in [1.29, 1.82) is 0 Å². The topological polar surface area (TPSA) is 72.6 Å². The van der Waals surface area contributed by atoms with Gasteiger partial charge in [-0.05, 0) is 49.2 Å². The molecule has 2 aromatic rings. The maximum Gasteiger partial charge on any atom is 0.253 e. The first-order chi connectivity index (χ1) is 12.4. The normalized spacial score (nSPS) is 14.9. The molecule has 1 saturated heterocycles. The Morgan fingerprint density at radius 1 is 1.04 bits per heavy atom.